The van der Waals surface area contributed by atoms with Crippen molar-refractivity contribution < 1.29 is 14.5 Å². The average molecular weight is 252 g/mol. The first kappa shape index (κ1) is 14.0. The summed E-state index contributed by atoms with van der Waals surface area (Å²) in [6.45, 7) is 3.73. The minimum absolute atomic E-state index is 0.0108. The number of ether oxygens (including phenoxy) is 1. The number of nitro groups is 1. The number of nitrogens with one attached hydrogen (secondary N) is 1. The second-order valence-electron chi connectivity index (χ2n) is 4.20. The fourth-order valence-corrected chi connectivity index (χ4v) is 1.51. The van der Waals surface area contributed by atoms with Gasteiger partial charge in [0.2, 0.25) is 0 Å². The van der Waals surface area contributed by atoms with Gasteiger partial charge in [0.05, 0.1) is 12.0 Å². The van der Waals surface area contributed by atoms with Gasteiger partial charge in [0.1, 0.15) is 6.04 Å². The predicted octanol–water partition coefficient (Wildman–Crippen LogP) is 2.20. The highest BCUT2D eigenvalue weighted by Gasteiger charge is 2.23. The molecule has 0 aliphatic rings. The van der Waals surface area contributed by atoms with Gasteiger partial charge in [0.15, 0.2) is 0 Å². The summed E-state index contributed by atoms with van der Waals surface area (Å²) in [6.07, 6.45) is 0. The van der Waals surface area contributed by atoms with E-state index in [9.17, 15) is 14.9 Å². The molecule has 18 heavy (non-hydrogen) atoms. The van der Waals surface area contributed by atoms with Gasteiger partial charge in [-0.25, -0.2) is 4.79 Å². The number of non-ortho nitro benzene ring substituents is 1. The fraction of sp³-hybridized carbons (Fsp3) is 0.417. The number of anilines is 1. The first-order chi connectivity index (χ1) is 8.45. The first-order valence-corrected chi connectivity index (χ1v) is 5.54. The molecular weight excluding hydrogens is 236 g/mol. The van der Waals surface area contributed by atoms with Crippen LogP contribution in [0.25, 0.3) is 0 Å². The molecule has 0 radical (unpaired) electrons. The molecular formula is C12H16N2O4. The minimum atomic E-state index is -0.531. The summed E-state index contributed by atoms with van der Waals surface area (Å²) in [5.41, 5.74) is 0.501. The van der Waals surface area contributed by atoms with E-state index in [2.05, 4.69) is 10.1 Å². The van der Waals surface area contributed by atoms with Crippen LogP contribution in [0.1, 0.15) is 13.8 Å². The van der Waals surface area contributed by atoms with E-state index in [1.807, 2.05) is 13.8 Å². The highest BCUT2D eigenvalue weighted by atomic mass is 16.6. The Labute approximate surface area is 105 Å². The summed E-state index contributed by atoms with van der Waals surface area (Å²) < 4.78 is 4.69. The van der Waals surface area contributed by atoms with Crippen molar-refractivity contribution in [1.29, 1.82) is 0 Å². The Morgan fingerprint density at radius 1 is 1.44 bits per heavy atom. The van der Waals surface area contributed by atoms with Crippen LogP contribution >= 0.6 is 0 Å². The number of rotatable bonds is 5. The lowest BCUT2D eigenvalue weighted by atomic mass is 10.0. The van der Waals surface area contributed by atoms with Gasteiger partial charge >= 0.3 is 5.97 Å². The van der Waals surface area contributed by atoms with E-state index in [-0.39, 0.29) is 11.6 Å². The number of benzene rings is 1. The number of nitrogens with zero attached hydrogens (tertiary/aromatic N) is 1. The Morgan fingerprint density at radius 3 is 2.61 bits per heavy atom. The highest BCUT2D eigenvalue weighted by molar-refractivity contribution is 5.79. The molecule has 0 aliphatic carbocycles. The third-order valence-electron chi connectivity index (χ3n) is 2.50. The summed E-state index contributed by atoms with van der Waals surface area (Å²) in [4.78, 5) is 21.7. The summed E-state index contributed by atoms with van der Waals surface area (Å²) in [6, 6.07) is 5.49. The molecule has 1 unspecified atom stereocenters. The molecule has 0 heterocycles. The monoisotopic (exact) mass is 252 g/mol. The van der Waals surface area contributed by atoms with Crippen molar-refractivity contribution in [3.63, 3.8) is 0 Å². The van der Waals surface area contributed by atoms with Gasteiger partial charge in [0, 0.05) is 17.8 Å². The molecule has 1 aromatic carbocycles. The number of methoxy groups -OCH3 is 1. The van der Waals surface area contributed by atoms with Gasteiger partial charge in [-0.15, -0.1) is 0 Å². The first-order valence-electron chi connectivity index (χ1n) is 5.54. The molecule has 1 N–H and O–H groups in total. The number of carbonyl (C=O) groups excluding carboxylic acids is 1. The molecule has 98 valence electrons. The lowest BCUT2D eigenvalue weighted by Gasteiger charge is -2.20. The van der Waals surface area contributed by atoms with Gasteiger partial charge in [0.25, 0.3) is 5.69 Å². The number of nitro benzene ring substituents is 1. The van der Waals surface area contributed by atoms with E-state index in [0.717, 1.165) is 0 Å². The lowest BCUT2D eigenvalue weighted by molar-refractivity contribution is -0.384. The SMILES string of the molecule is COC(=O)C(Nc1cccc([N+](=O)[O-])c1)C(C)C. The maximum atomic E-state index is 11.6. The molecule has 0 saturated heterocycles. The molecule has 1 atom stereocenters. The van der Waals surface area contributed by atoms with Gasteiger partial charge in [-0.05, 0) is 12.0 Å². The zero-order valence-corrected chi connectivity index (χ0v) is 10.5. The van der Waals surface area contributed by atoms with E-state index in [1.54, 1.807) is 12.1 Å². The quantitative estimate of drug-likeness (QED) is 0.493. The Morgan fingerprint density at radius 2 is 2.11 bits per heavy atom. The standard InChI is InChI=1S/C12H16N2O4/c1-8(2)11(12(15)18-3)13-9-5-4-6-10(7-9)14(16)17/h4-8,11,13H,1-3H3. The van der Waals surface area contributed by atoms with Crippen molar-refractivity contribution in [2.24, 2.45) is 5.92 Å². The van der Waals surface area contributed by atoms with E-state index in [1.165, 1.54) is 19.2 Å². The van der Waals surface area contributed by atoms with Crippen LogP contribution in [0.15, 0.2) is 24.3 Å². The average Bonchev–Trinajstić information content (AvgIpc) is 2.35. The molecule has 6 heteroatoms. The van der Waals surface area contributed by atoms with Crippen molar-refractivity contribution in [2.75, 3.05) is 12.4 Å². The second kappa shape index (κ2) is 6.00. The van der Waals surface area contributed by atoms with Crippen LogP contribution in [0, 0.1) is 16.0 Å². The van der Waals surface area contributed by atoms with E-state index in [4.69, 9.17) is 0 Å². The van der Waals surface area contributed by atoms with Crippen LogP contribution < -0.4 is 5.32 Å². The van der Waals surface area contributed by atoms with E-state index in [0.29, 0.717) is 5.69 Å². The van der Waals surface area contributed by atoms with Crippen LogP contribution in [0.4, 0.5) is 11.4 Å². The summed E-state index contributed by atoms with van der Waals surface area (Å²) in [5, 5.41) is 13.6. The molecule has 0 spiro atoms. The van der Waals surface area contributed by atoms with Crippen molar-refractivity contribution in [2.45, 2.75) is 19.9 Å². The van der Waals surface area contributed by atoms with Crippen molar-refractivity contribution in [3.05, 3.63) is 34.4 Å². The molecule has 0 aliphatic heterocycles. The highest BCUT2D eigenvalue weighted by Crippen LogP contribution is 2.19. The van der Waals surface area contributed by atoms with Gasteiger partial charge in [-0.3, -0.25) is 10.1 Å². The number of carbonyl (C=O) groups is 1. The maximum absolute atomic E-state index is 11.6. The van der Waals surface area contributed by atoms with Crippen molar-refractivity contribution in [1.82, 2.24) is 0 Å². The summed E-state index contributed by atoms with van der Waals surface area (Å²) in [7, 11) is 1.31. The Bertz CT molecular complexity index is 445. The molecule has 0 saturated carbocycles. The fourth-order valence-electron chi connectivity index (χ4n) is 1.51. The third kappa shape index (κ3) is 3.44. The van der Waals surface area contributed by atoms with Crippen LogP contribution in [0.3, 0.4) is 0 Å². The Hall–Kier alpha value is -2.11. The topological polar surface area (TPSA) is 81.5 Å². The summed E-state index contributed by atoms with van der Waals surface area (Å²) in [5.74, 6) is -0.381. The van der Waals surface area contributed by atoms with Crippen LogP contribution in [-0.2, 0) is 9.53 Å². The van der Waals surface area contributed by atoms with Crippen LogP contribution in [0.2, 0.25) is 0 Å². The third-order valence-corrected chi connectivity index (χ3v) is 2.50. The predicted molar refractivity (Wildman–Crippen MR) is 67.4 cm³/mol. The normalized spacial score (nSPS) is 12.0. The van der Waals surface area contributed by atoms with Crippen LogP contribution in [-0.4, -0.2) is 24.0 Å². The minimum Gasteiger partial charge on any atom is -0.467 e. The maximum Gasteiger partial charge on any atom is 0.328 e. The molecule has 0 bridgehead atoms. The lowest BCUT2D eigenvalue weighted by Crippen LogP contribution is -2.35. The van der Waals surface area contributed by atoms with Crippen LogP contribution in [0.5, 0.6) is 0 Å². The molecule has 0 amide bonds. The van der Waals surface area contributed by atoms with Gasteiger partial charge in [-0.2, -0.15) is 0 Å². The molecule has 1 aromatic rings. The second-order valence-corrected chi connectivity index (χ2v) is 4.20. The molecule has 1 rings (SSSR count). The smallest absolute Gasteiger partial charge is 0.328 e. The zero-order valence-electron chi connectivity index (χ0n) is 10.5. The van der Waals surface area contributed by atoms with Gasteiger partial charge in [-0.1, -0.05) is 19.9 Å². The number of hydrogen-bond acceptors (Lipinski definition) is 5. The number of esters is 1. The Balaban J connectivity index is 2.90. The van der Waals surface area contributed by atoms with Crippen molar-refractivity contribution in [3.8, 4) is 0 Å². The van der Waals surface area contributed by atoms with Crippen molar-refractivity contribution >= 4 is 17.3 Å². The van der Waals surface area contributed by atoms with Gasteiger partial charge < -0.3 is 10.1 Å². The Kier molecular flexibility index (Phi) is 4.65. The molecule has 6 nitrogen and oxygen atoms in total. The molecule has 0 fully saturated rings. The largest absolute Gasteiger partial charge is 0.467 e. The zero-order chi connectivity index (χ0) is 13.7. The molecule has 0 aromatic heterocycles. The summed E-state index contributed by atoms with van der Waals surface area (Å²) >= 11 is 0. The van der Waals surface area contributed by atoms with E-state index >= 15 is 0 Å². The van der Waals surface area contributed by atoms with E-state index < -0.39 is 16.9 Å². The number of hydrogen-bond donors (Lipinski definition) is 1.